The van der Waals surface area contributed by atoms with Crippen LogP contribution in [0, 0.1) is 0 Å². The number of rotatable bonds is 7. The number of anilines is 1. The van der Waals surface area contributed by atoms with Crippen molar-refractivity contribution in [1.29, 1.82) is 0 Å². The highest BCUT2D eigenvalue weighted by Crippen LogP contribution is 2.14. The smallest absolute Gasteiger partial charge is 0.356 e. The first kappa shape index (κ1) is 15.8. The molecule has 0 spiro atoms. The van der Waals surface area contributed by atoms with Gasteiger partial charge in [0.05, 0.1) is 19.5 Å². The van der Waals surface area contributed by atoms with Gasteiger partial charge in [-0.3, -0.25) is 0 Å². The minimum atomic E-state index is -1.08. The monoisotopic (exact) mass is 301 g/mol. The topological polar surface area (TPSA) is 84.3 Å². The van der Waals surface area contributed by atoms with Gasteiger partial charge in [-0.1, -0.05) is 12.1 Å². The summed E-state index contributed by atoms with van der Waals surface area (Å²) in [7, 11) is 1.65. The number of aromatic nitrogens is 2. The van der Waals surface area contributed by atoms with E-state index in [0.717, 1.165) is 18.6 Å². The van der Waals surface area contributed by atoms with E-state index >= 15 is 0 Å². The van der Waals surface area contributed by atoms with Gasteiger partial charge in [0.15, 0.2) is 5.69 Å². The number of hydrogen-bond acceptors (Lipinski definition) is 5. The summed E-state index contributed by atoms with van der Waals surface area (Å²) in [6, 6.07) is 8.19. The number of nitrogens with one attached hydrogen (secondary N) is 1. The molecule has 1 aromatic carbocycles. The second-order valence-electron chi connectivity index (χ2n) is 5.02. The molecule has 0 aliphatic carbocycles. The summed E-state index contributed by atoms with van der Waals surface area (Å²) in [6.45, 7) is 2.05. The van der Waals surface area contributed by atoms with Crippen molar-refractivity contribution < 1.29 is 14.6 Å². The first-order valence-electron chi connectivity index (χ1n) is 7.03. The molecule has 6 nitrogen and oxygen atoms in total. The number of aromatic carboxylic acids is 1. The minimum absolute atomic E-state index is 0.0589. The predicted molar refractivity (Wildman–Crippen MR) is 83.4 cm³/mol. The largest absolute Gasteiger partial charge is 0.497 e. The van der Waals surface area contributed by atoms with Crippen molar-refractivity contribution in [3.63, 3.8) is 0 Å². The molecule has 1 heterocycles. The van der Waals surface area contributed by atoms with Crippen molar-refractivity contribution in [2.45, 2.75) is 25.8 Å². The molecule has 1 atom stereocenters. The molecule has 0 amide bonds. The van der Waals surface area contributed by atoms with Gasteiger partial charge in [-0.25, -0.2) is 14.8 Å². The first-order valence-corrected chi connectivity index (χ1v) is 7.03. The summed E-state index contributed by atoms with van der Waals surface area (Å²) in [6.07, 6.45) is 4.54. The van der Waals surface area contributed by atoms with Crippen LogP contribution in [-0.4, -0.2) is 34.2 Å². The third-order valence-electron chi connectivity index (χ3n) is 3.29. The van der Waals surface area contributed by atoms with E-state index in [-0.39, 0.29) is 11.7 Å². The summed E-state index contributed by atoms with van der Waals surface area (Å²) in [5.41, 5.74) is 1.18. The number of benzene rings is 1. The van der Waals surface area contributed by atoms with E-state index in [4.69, 9.17) is 9.84 Å². The lowest BCUT2D eigenvalue weighted by atomic mass is 10.1. The van der Waals surface area contributed by atoms with Crippen LogP contribution in [0.1, 0.15) is 29.4 Å². The second-order valence-corrected chi connectivity index (χ2v) is 5.02. The van der Waals surface area contributed by atoms with Crippen LogP contribution in [-0.2, 0) is 6.42 Å². The highest BCUT2D eigenvalue weighted by molar-refractivity contribution is 5.84. The number of carbonyl (C=O) groups is 1. The molecule has 2 aromatic rings. The Morgan fingerprint density at radius 2 is 2.00 bits per heavy atom. The zero-order valence-corrected chi connectivity index (χ0v) is 12.6. The van der Waals surface area contributed by atoms with E-state index in [2.05, 4.69) is 22.2 Å². The highest BCUT2D eigenvalue weighted by atomic mass is 16.5. The van der Waals surface area contributed by atoms with Crippen LogP contribution in [0.25, 0.3) is 0 Å². The van der Waals surface area contributed by atoms with Crippen molar-refractivity contribution >= 4 is 11.8 Å². The second kappa shape index (κ2) is 7.40. The normalized spacial score (nSPS) is 11.7. The van der Waals surface area contributed by atoms with Gasteiger partial charge in [-0.05, 0) is 37.5 Å². The standard InChI is InChI=1S/C16H19N3O3/c1-11(3-4-12-5-7-13(22-2)8-6-12)19-15-10-17-14(9-18-15)16(20)21/h5-11H,3-4H2,1-2H3,(H,18,19)(H,20,21). The average molecular weight is 301 g/mol. The molecule has 0 radical (unpaired) electrons. The number of carboxylic acid groups (broad SMARTS) is 1. The fourth-order valence-electron chi connectivity index (χ4n) is 2.01. The van der Waals surface area contributed by atoms with Crippen LogP contribution in [0.4, 0.5) is 5.82 Å². The van der Waals surface area contributed by atoms with Crippen LogP contribution in [0.2, 0.25) is 0 Å². The third-order valence-corrected chi connectivity index (χ3v) is 3.29. The predicted octanol–water partition coefficient (Wildman–Crippen LogP) is 2.62. The van der Waals surface area contributed by atoms with Crippen LogP contribution < -0.4 is 10.1 Å². The van der Waals surface area contributed by atoms with Crippen molar-refractivity contribution in [2.24, 2.45) is 0 Å². The Bertz CT molecular complexity index is 612. The van der Waals surface area contributed by atoms with E-state index in [0.29, 0.717) is 5.82 Å². The fourth-order valence-corrected chi connectivity index (χ4v) is 2.01. The molecule has 1 aromatic heterocycles. The van der Waals surface area contributed by atoms with Crippen LogP contribution >= 0.6 is 0 Å². The van der Waals surface area contributed by atoms with Crippen LogP contribution in [0.5, 0.6) is 5.75 Å². The molecule has 6 heteroatoms. The molecule has 0 aliphatic heterocycles. The Morgan fingerprint density at radius 1 is 1.27 bits per heavy atom. The molecule has 2 rings (SSSR count). The molecule has 2 N–H and O–H groups in total. The molecule has 0 aliphatic rings. The van der Waals surface area contributed by atoms with E-state index in [9.17, 15) is 4.79 Å². The Balaban J connectivity index is 1.84. The number of nitrogens with zero attached hydrogens (tertiary/aromatic N) is 2. The van der Waals surface area contributed by atoms with E-state index in [1.807, 2.05) is 24.3 Å². The molecule has 22 heavy (non-hydrogen) atoms. The lowest BCUT2D eigenvalue weighted by Gasteiger charge is -2.14. The summed E-state index contributed by atoms with van der Waals surface area (Å²) in [5, 5.41) is 12.0. The van der Waals surface area contributed by atoms with Gasteiger partial charge in [0.2, 0.25) is 0 Å². The fraction of sp³-hybridized carbons (Fsp3) is 0.312. The van der Waals surface area contributed by atoms with E-state index < -0.39 is 5.97 Å². The number of aryl methyl sites for hydroxylation is 1. The first-order chi connectivity index (χ1) is 10.6. The quantitative estimate of drug-likeness (QED) is 0.818. The van der Waals surface area contributed by atoms with Gasteiger partial charge in [0.25, 0.3) is 0 Å². The van der Waals surface area contributed by atoms with Crippen molar-refractivity contribution in [2.75, 3.05) is 12.4 Å². The summed E-state index contributed by atoms with van der Waals surface area (Å²) in [4.78, 5) is 18.6. The van der Waals surface area contributed by atoms with Crippen molar-refractivity contribution in [3.05, 3.63) is 47.9 Å². The zero-order valence-electron chi connectivity index (χ0n) is 12.6. The Hall–Kier alpha value is -2.63. The zero-order chi connectivity index (χ0) is 15.9. The molecular formula is C16H19N3O3. The number of carboxylic acids is 1. The lowest BCUT2D eigenvalue weighted by molar-refractivity contribution is 0.0690. The maximum Gasteiger partial charge on any atom is 0.356 e. The van der Waals surface area contributed by atoms with Crippen LogP contribution in [0.15, 0.2) is 36.7 Å². The minimum Gasteiger partial charge on any atom is -0.497 e. The van der Waals surface area contributed by atoms with Crippen molar-refractivity contribution in [1.82, 2.24) is 9.97 Å². The summed E-state index contributed by atoms with van der Waals surface area (Å²) >= 11 is 0. The maximum atomic E-state index is 10.7. The van der Waals surface area contributed by atoms with Gasteiger partial charge in [-0.2, -0.15) is 0 Å². The third kappa shape index (κ3) is 4.44. The van der Waals surface area contributed by atoms with Crippen LogP contribution in [0.3, 0.4) is 0 Å². The molecule has 0 saturated heterocycles. The Morgan fingerprint density at radius 3 is 2.55 bits per heavy atom. The van der Waals surface area contributed by atoms with E-state index in [1.165, 1.54) is 18.0 Å². The number of methoxy groups -OCH3 is 1. The van der Waals surface area contributed by atoms with Gasteiger partial charge < -0.3 is 15.2 Å². The molecular weight excluding hydrogens is 282 g/mol. The molecule has 116 valence electrons. The summed E-state index contributed by atoms with van der Waals surface area (Å²) < 4.78 is 5.13. The summed E-state index contributed by atoms with van der Waals surface area (Å²) in [5.74, 6) is 0.350. The molecule has 1 unspecified atom stereocenters. The van der Waals surface area contributed by atoms with Gasteiger partial charge in [0, 0.05) is 6.04 Å². The Labute approximate surface area is 129 Å². The average Bonchev–Trinajstić information content (AvgIpc) is 2.54. The Kier molecular flexibility index (Phi) is 5.30. The SMILES string of the molecule is COc1ccc(CCC(C)Nc2cnc(C(=O)O)cn2)cc1. The molecule has 0 fully saturated rings. The maximum absolute atomic E-state index is 10.7. The molecule has 0 saturated carbocycles. The van der Waals surface area contributed by atoms with Gasteiger partial charge >= 0.3 is 5.97 Å². The highest BCUT2D eigenvalue weighted by Gasteiger charge is 2.07. The lowest BCUT2D eigenvalue weighted by Crippen LogP contribution is -2.17. The van der Waals surface area contributed by atoms with Crippen molar-refractivity contribution in [3.8, 4) is 5.75 Å². The molecule has 0 bridgehead atoms. The van der Waals surface area contributed by atoms with Gasteiger partial charge in [0.1, 0.15) is 11.6 Å². The van der Waals surface area contributed by atoms with Gasteiger partial charge in [-0.15, -0.1) is 0 Å². The number of ether oxygens (including phenoxy) is 1. The number of hydrogen-bond donors (Lipinski definition) is 2. The van der Waals surface area contributed by atoms with E-state index in [1.54, 1.807) is 7.11 Å².